The van der Waals surface area contributed by atoms with Gasteiger partial charge in [0.05, 0.1) is 0 Å². The van der Waals surface area contributed by atoms with Gasteiger partial charge in [-0.3, -0.25) is 0 Å². The lowest BCUT2D eigenvalue weighted by molar-refractivity contribution is 0.729. The zero-order chi connectivity index (χ0) is 7.82. The molecule has 0 N–H and O–H groups in total. The molecule has 0 saturated heterocycles. The zero-order valence-electron chi connectivity index (χ0n) is 6.57. The van der Waals surface area contributed by atoms with E-state index >= 15 is 0 Å². The lowest BCUT2D eigenvalue weighted by Crippen LogP contribution is -1.71. The maximum absolute atomic E-state index is 3.68. The molecular weight excluding hydrogens is 235 g/mol. The van der Waals surface area contributed by atoms with Gasteiger partial charge in [0.2, 0.25) is 0 Å². The van der Waals surface area contributed by atoms with Crippen LogP contribution >= 0.6 is 22.6 Å². The van der Waals surface area contributed by atoms with E-state index in [-0.39, 0.29) is 0 Å². The van der Waals surface area contributed by atoms with E-state index in [1.165, 1.54) is 29.3 Å². The Morgan fingerprint density at radius 1 is 1.50 bits per heavy atom. The summed E-state index contributed by atoms with van der Waals surface area (Å²) in [6.07, 6.45) is 9.31. The van der Waals surface area contributed by atoms with E-state index in [9.17, 15) is 0 Å². The molecule has 0 rings (SSSR count). The summed E-state index contributed by atoms with van der Waals surface area (Å²) in [5.74, 6) is 0. The summed E-state index contributed by atoms with van der Waals surface area (Å²) in [5.41, 5.74) is 0. The SMILES string of the molecule is C=C/C(I)=C\CCCCC. The minimum Gasteiger partial charge on any atom is -0.0980 e. The van der Waals surface area contributed by atoms with E-state index in [0.717, 1.165) is 0 Å². The van der Waals surface area contributed by atoms with Crippen LogP contribution in [0, 0.1) is 0 Å². The molecule has 0 heterocycles. The van der Waals surface area contributed by atoms with Crippen LogP contribution < -0.4 is 0 Å². The van der Waals surface area contributed by atoms with Gasteiger partial charge in [0, 0.05) is 3.58 Å². The Labute approximate surface area is 77.5 Å². The third-order valence-corrected chi connectivity index (χ3v) is 2.22. The predicted molar refractivity (Wildman–Crippen MR) is 56.4 cm³/mol. The van der Waals surface area contributed by atoms with Crippen LogP contribution in [0.2, 0.25) is 0 Å². The first-order valence-electron chi connectivity index (χ1n) is 3.79. The van der Waals surface area contributed by atoms with Crippen molar-refractivity contribution in [2.75, 3.05) is 0 Å². The van der Waals surface area contributed by atoms with Gasteiger partial charge in [0.1, 0.15) is 0 Å². The van der Waals surface area contributed by atoms with E-state index in [2.05, 4.69) is 42.2 Å². The molecule has 0 aromatic rings. The molecule has 0 saturated carbocycles. The van der Waals surface area contributed by atoms with Crippen LogP contribution in [0.1, 0.15) is 32.6 Å². The predicted octanol–water partition coefficient (Wildman–Crippen LogP) is 4.07. The van der Waals surface area contributed by atoms with Crippen molar-refractivity contribution >= 4 is 22.6 Å². The normalized spacial score (nSPS) is 11.6. The van der Waals surface area contributed by atoms with Crippen molar-refractivity contribution < 1.29 is 0 Å². The molecule has 0 aromatic heterocycles. The number of allylic oxidation sites excluding steroid dienone is 3. The maximum atomic E-state index is 3.68. The van der Waals surface area contributed by atoms with Gasteiger partial charge in [-0.15, -0.1) is 0 Å². The van der Waals surface area contributed by atoms with Crippen LogP contribution in [-0.2, 0) is 0 Å². The molecule has 0 nitrogen and oxygen atoms in total. The second-order valence-corrected chi connectivity index (χ2v) is 3.53. The first-order chi connectivity index (χ1) is 4.81. The zero-order valence-corrected chi connectivity index (χ0v) is 8.73. The Kier molecular flexibility index (Phi) is 7.47. The van der Waals surface area contributed by atoms with Crippen LogP contribution in [0.15, 0.2) is 22.3 Å². The number of unbranched alkanes of at least 4 members (excludes halogenated alkanes) is 3. The average molecular weight is 250 g/mol. The van der Waals surface area contributed by atoms with Gasteiger partial charge in [0.15, 0.2) is 0 Å². The Bertz CT molecular complexity index is 114. The summed E-state index contributed by atoms with van der Waals surface area (Å²) in [6.45, 7) is 5.91. The lowest BCUT2D eigenvalue weighted by atomic mass is 10.2. The van der Waals surface area contributed by atoms with Crippen molar-refractivity contribution in [2.24, 2.45) is 0 Å². The minimum absolute atomic E-state index is 1.21. The lowest BCUT2D eigenvalue weighted by Gasteiger charge is -1.92. The molecule has 0 bridgehead atoms. The standard InChI is InChI=1S/C9H15I/c1-3-5-6-7-8-9(10)4-2/h4,8H,2-3,5-7H2,1H3/b9-8+. The van der Waals surface area contributed by atoms with Gasteiger partial charge < -0.3 is 0 Å². The van der Waals surface area contributed by atoms with Gasteiger partial charge in [-0.1, -0.05) is 38.5 Å². The molecule has 0 aliphatic carbocycles. The van der Waals surface area contributed by atoms with E-state index in [0.29, 0.717) is 0 Å². The third-order valence-electron chi connectivity index (χ3n) is 1.34. The van der Waals surface area contributed by atoms with E-state index in [1.54, 1.807) is 0 Å². The van der Waals surface area contributed by atoms with Gasteiger partial charge >= 0.3 is 0 Å². The largest absolute Gasteiger partial charge is 0.0980 e. The van der Waals surface area contributed by atoms with Crippen molar-refractivity contribution in [1.29, 1.82) is 0 Å². The molecule has 0 atom stereocenters. The summed E-state index contributed by atoms with van der Waals surface area (Å²) in [7, 11) is 0. The van der Waals surface area contributed by atoms with Crippen molar-refractivity contribution in [3.05, 3.63) is 22.3 Å². The molecule has 58 valence electrons. The number of hydrogen-bond acceptors (Lipinski definition) is 0. The Hall–Kier alpha value is 0.210. The van der Waals surface area contributed by atoms with Crippen LogP contribution in [-0.4, -0.2) is 0 Å². The molecule has 0 aliphatic heterocycles. The molecule has 0 amide bonds. The molecule has 10 heavy (non-hydrogen) atoms. The van der Waals surface area contributed by atoms with Gasteiger partial charge in [-0.25, -0.2) is 0 Å². The average Bonchev–Trinajstić information content (AvgIpc) is 1.98. The third kappa shape index (κ3) is 6.33. The smallest absolute Gasteiger partial charge is 0.00840 e. The highest BCUT2D eigenvalue weighted by atomic mass is 127. The fraction of sp³-hybridized carbons (Fsp3) is 0.556. The highest BCUT2D eigenvalue weighted by Gasteiger charge is 1.83. The van der Waals surface area contributed by atoms with Crippen molar-refractivity contribution in [2.45, 2.75) is 32.6 Å². The summed E-state index contributed by atoms with van der Waals surface area (Å²) in [6, 6.07) is 0. The number of rotatable bonds is 5. The molecule has 0 aromatic carbocycles. The molecule has 0 aliphatic rings. The number of hydrogen-bond donors (Lipinski definition) is 0. The van der Waals surface area contributed by atoms with Crippen molar-refractivity contribution in [3.8, 4) is 0 Å². The molecular formula is C9H15I. The second-order valence-electron chi connectivity index (χ2n) is 2.29. The Balaban J connectivity index is 3.24. The van der Waals surface area contributed by atoms with Crippen molar-refractivity contribution in [1.82, 2.24) is 0 Å². The van der Waals surface area contributed by atoms with E-state index in [4.69, 9.17) is 0 Å². The second kappa shape index (κ2) is 7.32. The Morgan fingerprint density at radius 3 is 2.70 bits per heavy atom. The van der Waals surface area contributed by atoms with E-state index < -0.39 is 0 Å². The van der Waals surface area contributed by atoms with Gasteiger partial charge in [0.25, 0.3) is 0 Å². The maximum Gasteiger partial charge on any atom is 0.00840 e. The molecule has 0 fully saturated rings. The Morgan fingerprint density at radius 2 is 2.20 bits per heavy atom. The molecule has 1 heteroatoms. The van der Waals surface area contributed by atoms with Crippen LogP contribution in [0.25, 0.3) is 0 Å². The highest BCUT2D eigenvalue weighted by molar-refractivity contribution is 14.1. The topological polar surface area (TPSA) is 0 Å². The van der Waals surface area contributed by atoms with Crippen LogP contribution in [0.4, 0.5) is 0 Å². The minimum atomic E-state index is 1.21. The molecule has 0 spiro atoms. The summed E-state index contributed by atoms with van der Waals surface area (Å²) in [5, 5.41) is 0. The van der Waals surface area contributed by atoms with E-state index in [1.807, 2.05) is 6.08 Å². The monoisotopic (exact) mass is 250 g/mol. The molecule has 0 radical (unpaired) electrons. The quantitative estimate of drug-likeness (QED) is 0.392. The fourth-order valence-electron chi connectivity index (χ4n) is 0.718. The summed E-state index contributed by atoms with van der Waals surface area (Å²) in [4.78, 5) is 0. The first-order valence-corrected chi connectivity index (χ1v) is 4.87. The van der Waals surface area contributed by atoms with Gasteiger partial charge in [-0.2, -0.15) is 0 Å². The summed E-state index contributed by atoms with van der Waals surface area (Å²) >= 11 is 2.30. The fourth-order valence-corrected chi connectivity index (χ4v) is 1.03. The first kappa shape index (κ1) is 10.2. The number of halogens is 1. The van der Waals surface area contributed by atoms with Crippen LogP contribution in [0.5, 0.6) is 0 Å². The van der Waals surface area contributed by atoms with Crippen LogP contribution in [0.3, 0.4) is 0 Å². The highest BCUT2D eigenvalue weighted by Crippen LogP contribution is 2.09. The summed E-state index contributed by atoms with van der Waals surface area (Å²) < 4.78 is 1.27. The van der Waals surface area contributed by atoms with Crippen molar-refractivity contribution in [3.63, 3.8) is 0 Å². The van der Waals surface area contributed by atoms with Gasteiger partial charge in [-0.05, 0) is 35.4 Å². The molecule has 0 unspecified atom stereocenters.